The molecule has 32 heavy (non-hydrogen) atoms. The maximum absolute atomic E-state index is 12.7. The lowest BCUT2D eigenvalue weighted by atomic mass is 9.96. The van der Waals surface area contributed by atoms with E-state index in [4.69, 9.17) is 16.3 Å². The Kier molecular flexibility index (Phi) is 6.57. The SMILES string of the molecule is Cc1sc2ncnc(N3CCC(C(=O)OC(C)C(=O)Nc4cccnc4Cl)CC3)c2c1C. The number of aromatic nitrogens is 3. The number of nitrogens with zero attached hydrogens (tertiary/aromatic N) is 4. The van der Waals surface area contributed by atoms with Gasteiger partial charge in [-0.3, -0.25) is 9.59 Å². The van der Waals surface area contributed by atoms with Crippen LogP contribution in [0.4, 0.5) is 11.5 Å². The molecular weight excluding hydrogens is 450 g/mol. The zero-order chi connectivity index (χ0) is 22.8. The minimum Gasteiger partial charge on any atom is -0.452 e. The van der Waals surface area contributed by atoms with Crippen molar-refractivity contribution < 1.29 is 14.3 Å². The van der Waals surface area contributed by atoms with E-state index in [2.05, 4.69) is 39.0 Å². The van der Waals surface area contributed by atoms with Gasteiger partial charge in [-0.15, -0.1) is 11.3 Å². The van der Waals surface area contributed by atoms with E-state index in [1.54, 1.807) is 36.7 Å². The fraction of sp³-hybridized carbons (Fsp3) is 0.409. The Hall–Kier alpha value is -2.78. The topological polar surface area (TPSA) is 97.3 Å². The molecule has 0 bridgehead atoms. The average molecular weight is 474 g/mol. The van der Waals surface area contributed by atoms with E-state index in [9.17, 15) is 9.59 Å². The summed E-state index contributed by atoms with van der Waals surface area (Å²) in [4.78, 5) is 42.3. The number of esters is 1. The third-order valence-corrected chi connectivity index (χ3v) is 7.17. The van der Waals surface area contributed by atoms with Crippen LogP contribution in [0.15, 0.2) is 24.7 Å². The van der Waals surface area contributed by atoms with Gasteiger partial charge in [0.05, 0.1) is 17.0 Å². The quantitative estimate of drug-likeness (QED) is 0.439. The summed E-state index contributed by atoms with van der Waals surface area (Å²) >= 11 is 7.64. The lowest BCUT2D eigenvalue weighted by Gasteiger charge is -2.32. The number of fused-ring (bicyclic) bond motifs is 1. The van der Waals surface area contributed by atoms with Gasteiger partial charge in [-0.2, -0.15) is 0 Å². The third kappa shape index (κ3) is 4.54. The molecule has 168 valence electrons. The first kappa shape index (κ1) is 22.4. The fourth-order valence-electron chi connectivity index (χ4n) is 3.77. The number of carbonyl (C=O) groups is 2. The number of anilines is 2. The molecule has 1 atom stereocenters. The highest BCUT2D eigenvalue weighted by molar-refractivity contribution is 7.18. The number of halogens is 1. The van der Waals surface area contributed by atoms with Crippen molar-refractivity contribution >= 4 is 56.5 Å². The summed E-state index contributed by atoms with van der Waals surface area (Å²) in [5.74, 6) is -0.145. The number of ether oxygens (including phenoxy) is 1. The van der Waals surface area contributed by atoms with Gasteiger partial charge in [0.25, 0.3) is 5.91 Å². The molecule has 1 N–H and O–H groups in total. The highest BCUT2D eigenvalue weighted by Crippen LogP contribution is 2.35. The lowest BCUT2D eigenvalue weighted by Crippen LogP contribution is -2.39. The number of rotatable bonds is 5. The second-order valence-corrected chi connectivity index (χ2v) is 9.39. The van der Waals surface area contributed by atoms with Gasteiger partial charge >= 0.3 is 5.97 Å². The van der Waals surface area contributed by atoms with Crippen LogP contribution in [-0.2, 0) is 14.3 Å². The van der Waals surface area contributed by atoms with E-state index in [1.807, 2.05) is 0 Å². The average Bonchev–Trinajstić information content (AvgIpc) is 3.09. The molecular formula is C22H24ClN5O3S. The van der Waals surface area contributed by atoms with Crippen LogP contribution in [0.3, 0.4) is 0 Å². The molecule has 4 rings (SSSR count). The molecule has 3 aromatic rings. The zero-order valence-corrected chi connectivity index (χ0v) is 19.7. The number of hydrogen-bond acceptors (Lipinski definition) is 8. The third-order valence-electron chi connectivity index (χ3n) is 5.75. The van der Waals surface area contributed by atoms with Crippen LogP contribution >= 0.6 is 22.9 Å². The maximum atomic E-state index is 12.7. The number of nitrogens with one attached hydrogen (secondary N) is 1. The van der Waals surface area contributed by atoms with Gasteiger partial charge in [-0.1, -0.05) is 11.6 Å². The smallest absolute Gasteiger partial charge is 0.309 e. The number of pyridine rings is 1. The van der Waals surface area contributed by atoms with Crippen molar-refractivity contribution in [1.29, 1.82) is 0 Å². The molecule has 0 aromatic carbocycles. The molecule has 1 saturated heterocycles. The summed E-state index contributed by atoms with van der Waals surface area (Å²) in [6.45, 7) is 7.10. The zero-order valence-electron chi connectivity index (χ0n) is 18.1. The predicted octanol–water partition coefficient (Wildman–Crippen LogP) is 4.14. The van der Waals surface area contributed by atoms with Gasteiger partial charge in [0.2, 0.25) is 0 Å². The molecule has 4 heterocycles. The largest absolute Gasteiger partial charge is 0.452 e. The number of amides is 1. The summed E-state index contributed by atoms with van der Waals surface area (Å²) in [7, 11) is 0. The van der Waals surface area contributed by atoms with Crippen molar-refractivity contribution in [3.63, 3.8) is 0 Å². The molecule has 0 spiro atoms. The minimum atomic E-state index is -0.935. The Bertz CT molecular complexity index is 1160. The molecule has 0 radical (unpaired) electrons. The molecule has 1 fully saturated rings. The standard InChI is InChI=1S/C22H24ClN5O3S/c1-12-14(3)32-21-17(12)19(25-11-26-21)28-9-6-15(7-10-28)22(30)31-13(2)20(29)27-16-5-4-8-24-18(16)23/h4-5,8,11,13,15H,6-7,9-10H2,1-3H3,(H,27,29). The maximum Gasteiger partial charge on any atom is 0.309 e. The van der Waals surface area contributed by atoms with E-state index in [-0.39, 0.29) is 17.0 Å². The van der Waals surface area contributed by atoms with Gasteiger partial charge in [0.15, 0.2) is 11.3 Å². The highest BCUT2D eigenvalue weighted by Gasteiger charge is 2.30. The van der Waals surface area contributed by atoms with Crippen LogP contribution in [0.2, 0.25) is 5.15 Å². The molecule has 1 aliphatic rings. The van der Waals surface area contributed by atoms with E-state index in [1.165, 1.54) is 16.6 Å². The van der Waals surface area contributed by atoms with Crippen LogP contribution in [0.5, 0.6) is 0 Å². The van der Waals surface area contributed by atoms with Crippen molar-refractivity contribution in [3.05, 3.63) is 40.3 Å². The van der Waals surface area contributed by atoms with Crippen LogP contribution in [-0.4, -0.2) is 46.0 Å². The van der Waals surface area contributed by atoms with Crippen LogP contribution in [0.1, 0.15) is 30.2 Å². The molecule has 1 unspecified atom stereocenters. The number of thiophene rings is 1. The first-order chi connectivity index (χ1) is 15.3. The first-order valence-corrected chi connectivity index (χ1v) is 11.6. The number of carbonyl (C=O) groups excluding carboxylic acids is 2. The Morgan fingerprint density at radius 3 is 2.72 bits per heavy atom. The van der Waals surface area contributed by atoms with E-state index >= 15 is 0 Å². The predicted molar refractivity (Wildman–Crippen MR) is 125 cm³/mol. The number of aryl methyl sites for hydroxylation is 2. The van der Waals surface area contributed by atoms with Gasteiger partial charge < -0.3 is 15.0 Å². The van der Waals surface area contributed by atoms with Crippen molar-refractivity contribution in [3.8, 4) is 0 Å². The lowest BCUT2D eigenvalue weighted by molar-refractivity contribution is -0.157. The van der Waals surface area contributed by atoms with Crippen LogP contribution in [0.25, 0.3) is 10.2 Å². The summed E-state index contributed by atoms with van der Waals surface area (Å²) in [5.41, 5.74) is 1.58. The van der Waals surface area contributed by atoms with Gasteiger partial charge in [0, 0.05) is 24.2 Å². The number of hydrogen-bond donors (Lipinski definition) is 1. The second kappa shape index (κ2) is 9.38. The normalized spacial score (nSPS) is 15.6. The summed E-state index contributed by atoms with van der Waals surface area (Å²) < 4.78 is 5.44. The van der Waals surface area contributed by atoms with Crippen molar-refractivity contribution in [2.24, 2.45) is 5.92 Å². The summed E-state index contributed by atoms with van der Waals surface area (Å²) in [5, 5.41) is 3.91. The second-order valence-electron chi connectivity index (χ2n) is 7.83. The molecule has 1 amide bonds. The Labute approximate surface area is 195 Å². The van der Waals surface area contributed by atoms with Gasteiger partial charge in [-0.25, -0.2) is 15.0 Å². The molecule has 1 aliphatic heterocycles. The molecule has 0 aliphatic carbocycles. The van der Waals surface area contributed by atoms with E-state index in [0.717, 1.165) is 16.0 Å². The van der Waals surface area contributed by atoms with Crippen molar-refractivity contribution in [2.75, 3.05) is 23.3 Å². The Morgan fingerprint density at radius 2 is 2.00 bits per heavy atom. The Balaban J connectivity index is 1.35. The van der Waals surface area contributed by atoms with E-state index < -0.39 is 12.0 Å². The molecule has 0 saturated carbocycles. The Morgan fingerprint density at radius 1 is 1.25 bits per heavy atom. The highest BCUT2D eigenvalue weighted by atomic mass is 35.5. The minimum absolute atomic E-state index is 0.182. The fourth-order valence-corrected chi connectivity index (χ4v) is 4.93. The number of piperidine rings is 1. The van der Waals surface area contributed by atoms with Crippen molar-refractivity contribution in [1.82, 2.24) is 15.0 Å². The summed E-state index contributed by atoms with van der Waals surface area (Å²) in [6.07, 6.45) is 3.46. The van der Waals surface area contributed by atoms with Gasteiger partial charge in [-0.05, 0) is 51.3 Å². The first-order valence-electron chi connectivity index (χ1n) is 10.4. The monoisotopic (exact) mass is 473 g/mol. The van der Waals surface area contributed by atoms with Crippen LogP contribution < -0.4 is 10.2 Å². The summed E-state index contributed by atoms with van der Waals surface area (Å²) in [6, 6.07) is 3.30. The van der Waals surface area contributed by atoms with E-state index in [0.29, 0.717) is 31.6 Å². The molecule has 8 nitrogen and oxygen atoms in total. The molecule has 3 aromatic heterocycles. The van der Waals surface area contributed by atoms with Crippen LogP contribution in [0, 0.1) is 19.8 Å². The molecule has 10 heteroatoms. The van der Waals surface area contributed by atoms with Gasteiger partial charge in [0.1, 0.15) is 17.0 Å². The van der Waals surface area contributed by atoms with Crippen molar-refractivity contribution in [2.45, 2.75) is 39.7 Å².